The second-order valence-corrected chi connectivity index (χ2v) is 11.1. The van der Waals surface area contributed by atoms with Crippen LogP contribution >= 0.6 is 66.8 Å². The summed E-state index contributed by atoms with van der Waals surface area (Å²) in [6.07, 6.45) is 1.80. The molecular weight excluding hydrogens is 623 g/mol. The maximum atomic E-state index is 13.6. The lowest BCUT2D eigenvalue weighted by Crippen LogP contribution is -2.28. The molecule has 0 spiro atoms. The third kappa shape index (κ3) is 5.24. The van der Waals surface area contributed by atoms with Crippen molar-refractivity contribution in [3.63, 3.8) is 0 Å². The van der Waals surface area contributed by atoms with Gasteiger partial charge in [0.2, 0.25) is 0 Å². The van der Waals surface area contributed by atoms with Crippen molar-refractivity contribution in [2.24, 2.45) is 4.99 Å². The Morgan fingerprint density at radius 3 is 2.32 bits per heavy atom. The molecule has 1 aliphatic rings. The smallest absolute Gasteiger partial charge is 0.271 e. The number of rotatable bonds is 4. The van der Waals surface area contributed by atoms with E-state index < -0.39 is 0 Å². The highest BCUT2D eigenvalue weighted by atomic mass is 79.9. The molecule has 0 N–H and O–H groups in total. The highest BCUT2D eigenvalue weighted by Gasteiger charge is 2.35. The van der Waals surface area contributed by atoms with Gasteiger partial charge >= 0.3 is 0 Å². The maximum Gasteiger partial charge on any atom is 0.271 e. The van der Waals surface area contributed by atoms with Crippen LogP contribution < -0.4 is 9.64 Å². The number of methoxy groups -OCH3 is 1. The highest BCUT2D eigenvalue weighted by Crippen LogP contribution is 2.41. The number of aryl methyl sites for hydroxylation is 2. The van der Waals surface area contributed by atoms with E-state index in [1.54, 1.807) is 30.2 Å². The van der Waals surface area contributed by atoms with Crippen molar-refractivity contribution in [1.82, 2.24) is 0 Å². The van der Waals surface area contributed by atoms with Crippen LogP contribution in [0.2, 0.25) is 10.0 Å². The van der Waals surface area contributed by atoms with Gasteiger partial charge in [0, 0.05) is 20.1 Å². The van der Waals surface area contributed by atoms with Crippen molar-refractivity contribution in [3.8, 4) is 5.75 Å². The number of benzene rings is 3. The molecule has 1 heterocycles. The van der Waals surface area contributed by atoms with Crippen molar-refractivity contribution in [2.75, 3.05) is 12.0 Å². The van der Waals surface area contributed by atoms with Crippen LogP contribution in [0.25, 0.3) is 6.08 Å². The average molecular weight is 641 g/mol. The molecule has 1 fully saturated rings. The van der Waals surface area contributed by atoms with Gasteiger partial charge in [-0.2, -0.15) is 0 Å². The first-order valence-electron chi connectivity index (χ1n) is 10.1. The zero-order valence-corrected chi connectivity index (χ0v) is 23.8. The predicted octanol–water partition coefficient (Wildman–Crippen LogP) is 8.95. The summed E-state index contributed by atoms with van der Waals surface area (Å²) in [5.74, 6) is 0.421. The van der Waals surface area contributed by atoms with Crippen molar-refractivity contribution in [3.05, 3.63) is 89.1 Å². The van der Waals surface area contributed by atoms with Gasteiger partial charge in [0.25, 0.3) is 5.91 Å². The van der Waals surface area contributed by atoms with Gasteiger partial charge in [-0.25, -0.2) is 4.99 Å². The molecule has 3 aromatic carbocycles. The summed E-state index contributed by atoms with van der Waals surface area (Å²) in [5.41, 5.74) is 3.92. The quantitative estimate of drug-likeness (QED) is 0.267. The molecule has 1 aliphatic heterocycles. The number of anilines is 1. The minimum atomic E-state index is -0.208. The number of amidine groups is 1. The molecule has 0 bridgehead atoms. The Labute approximate surface area is 229 Å². The fourth-order valence-electron chi connectivity index (χ4n) is 3.30. The van der Waals surface area contributed by atoms with E-state index in [0.717, 1.165) is 25.6 Å². The number of hydrogen-bond donors (Lipinski definition) is 0. The molecule has 0 radical (unpaired) electrons. The van der Waals surface area contributed by atoms with E-state index in [4.69, 9.17) is 32.9 Å². The molecule has 9 heteroatoms. The molecule has 0 aromatic heterocycles. The van der Waals surface area contributed by atoms with Crippen molar-refractivity contribution in [1.29, 1.82) is 0 Å². The number of carbonyl (C=O) groups is 1. The Bertz CT molecular complexity index is 1380. The number of amides is 1. The normalized spacial score (nSPS) is 16.1. The number of halogens is 4. The van der Waals surface area contributed by atoms with Crippen LogP contribution in [-0.4, -0.2) is 18.2 Å². The first-order chi connectivity index (χ1) is 16.2. The molecule has 0 unspecified atom stereocenters. The molecule has 174 valence electrons. The van der Waals surface area contributed by atoms with Gasteiger partial charge in [0.15, 0.2) is 5.17 Å². The topological polar surface area (TPSA) is 41.9 Å². The zero-order valence-electron chi connectivity index (χ0n) is 18.3. The van der Waals surface area contributed by atoms with Gasteiger partial charge in [-0.05, 0) is 95.1 Å². The van der Waals surface area contributed by atoms with E-state index in [2.05, 4.69) is 31.9 Å². The van der Waals surface area contributed by atoms with Gasteiger partial charge in [-0.1, -0.05) is 51.3 Å². The summed E-state index contributed by atoms with van der Waals surface area (Å²) >= 11 is 21.0. The van der Waals surface area contributed by atoms with Crippen LogP contribution in [-0.2, 0) is 4.79 Å². The molecule has 4 nitrogen and oxygen atoms in total. The van der Waals surface area contributed by atoms with E-state index in [-0.39, 0.29) is 5.91 Å². The van der Waals surface area contributed by atoms with Crippen LogP contribution in [0.4, 0.5) is 11.4 Å². The van der Waals surface area contributed by atoms with Crippen molar-refractivity contribution < 1.29 is 9.53 Å². The molecule has 34 heavy (non-hydrogen) atoms. The number of carbonyl (C=O) groups excluding carboxylic acids is 1. The maximum absolute atomic E-state index is 13.6. The number of nitrogens with zero attached hydrogens (tertiary/aromatic N) is 2. The van der Waals surface area contributed by atoms with E-state index in [0.29, 0.717) is 37.2 Å². The SMILES string of the molecule is COc1c(Br)cc(Br)cc1/C=C1/SC(=Nc2ccc(C)c(Cl)c2)N(c2ccc(C)c(Cl)c2)C1=O. The molecule has 1 saturated heterocycles. The summed E-state index contributed by atoms with van der Waals surface area (Å²) in [6.45, 7) is 3.84. The van der Waals surface area contributed by atoms with Gasteiger partial charge in [-0.15, -0.1) is 0 Å². The Hall–Kier alpha value is -1.77. The number of thioether (sulfide) groups is 1. The number of hydrogen-bond acceptors (Lipinski definition) is 4. The van der Waals surface area contributed by atoms with E-state index in [1.165, 1.54) is 11.8 Å². The summed E-state index contributed by atoms with van der Waals surface area (Å²) < 4.78 is 7.18. The third-order valence-corrected chi connectivity index (χ3v) is 7.96. The predicted molar refractivity (Wildman–Crippen MR) is 151 cm³/mol. The van der Waals surface area contributed by atoms with Crippen LogP contribution in [0.1, 0.15) is 16.7 Å². The average Bonchev–Trinajstić information content (AvgIpc) is 3.07. The summed E-state index contributed by atoms with van der Waals surface area (Å²) in [7, 11) is 1.59. The standard InChI is InChI=1S/C25H18Br2Cl2N2O2S/c1-13-4-6-17(11-20(13)28)30-25-31(18-7-5-14(2)21(29)12-18)24(32)22(34-25)9-15-8-16(26)10-19(27)23(15)33-3/h4-12H,1-3H3/b22-9+,30-25?. The summed E-state index contributed by atoms with van der Waals surface area (Å²) in [5, 5.41) is 1.69. The molecule has 0 saturated carbocycles. The van der Waals surface area contributed by atoms with Gasteiger partial charge in [-0.3, -0.25) is 9.69 Å². The third-order valence-electron chi connectivity index (χ3n) is 5.13. The Balaban J connectivity index is 1.85. The highest BCUT2D eigenvalue weighted by molar-refractivity contribution is 9.11. The van der Waals surface area contributed by atoms with Crippen LogP contribution in [0, 0.1) is 13.8 Å². The molecule has 4 rings (SSSR count). The summed E-state index contributed by atoms with van der Waals surface area (Å²) in [4.78, 5) is 20.4. The molecule has 0 atom stereocenters. The van der Waals surface area contributed by atoms with E-state index >= 15 is 0 Å². The van der Waals surface area contributed by atoms with Gasteiger partial charge in [0.1, 0.15) is 5.75 Å². The van der Waals surface area contributed by atoms with Gasteiger partial charge < -0.3 is 4.74 Å². The lowest BCUT2D eigenvalue weighted by molar-refractivity contribution is -0.113. The first kappa shape index (κ1) is 25.3. The van der Waals surface area contributed by atoms with Gasteiger partial charge in [0.05, 0.1) is 27.9 Å². The van der Waals surface area contributed by atoms with Crippen LogP contribution in [0.3, 0.4) is 0 Å². The Kier molecular flexibility index (Phi) is 7.79. The number of ether oxygens (including phenoxy) is 1. The largest absolute Gasteiger partial charge is 0.495 e. The minimum Gasteiger partial charge on any atom is -0.495 e. The second-order valence-electron chi connectivity index (χ2n) is 7.52. The summed E-state index contributed by atoms with van der Waals surface area (Å²) in [6, 6.07) is 14.8. The van der Waals surface area contributed by atoms with Crippen molar-refractivity contribution in [2.45, 2.75) is 13.8 Å². The number of aliphatic imine (C=N–C) groups is 1. The molecule has 0 aliphatic carbocycles. The zero-order chi connectivity index (χ0) is 24.6. The van der Waals surface area contributed by atoms with Crippen molar-refractivity contribution >= 4 is 95.3 Å². The van der Waals surface area contributed by atoms with Crippen LogP contribution in [0.15, 0.2) is 67.4 Å². The Morgan fingerprint density at radius 1 is 1.00 bits per heavy atom. The molecular formula is C25H18Br2Cl2N2O2S. The fourth-order valence-corrected chi connectivity index (χ4v) is 6.06. The van der Waals surface area contributed by atoms with E-state index in [1.807, 2.05) is 50.2 Å². The molecule has 3 aromatic rings. The molecule has 1 amide bonds. The van der Waals surface area contributed by atoms with E-state index in [9.17, 15) is 4.79 Å². The lowest BCUT2D eigenvalue weighted by Gasteiger charge is -2.16. The monoisotopic (exact) mass is 638 g/mol. The lowest BCUT2D eigenvalue weighted by atomic mass is 10.1. The Morgan fingerprint density at radius 2 is 1.68 bits per heavy atom. The fraction of sp³-hybridized carbons (Fsp3) is 0.120. The first-order valence-corrected chi connectivity index (χ1v) is 13.2. The van der Waals surface area contributed by atoms with Crippen LogP contribution in [0.5, 0.6) is 5.75 Å². The second kappa shape index (κ2) is 10.5. The minimum absolute atomic E-state index is 0.208.